The second-order valence-corrected chi connectivity index (χ2v) is 4.17. The Morgan fingerprint density at radius 2 is 2.12 bits per heavy atom. The van der Waals surface area contributed by atoms with Gasteiger partial charge in [-0.2, -0.15) is 0 Å². The molecule has 0 fully saturated rings. The zero-order chi connectivity index (χ0) is 11.3. The number of hydrogen-bond donors (Lipinski definition) is 0. The molecule has 0 amide bonds. The number of aromatic nitrogens is 3. The van der Waals surface area contributed by atoms with Crippen molar-refractivity contribution in [2.45, 2.75) is 6.92 Å². The molecule has 4 nitrogen and oxygen atoms in total. The van der Waals surface area contributed by atoms with Crippen molar-refractivity contribution in [3.8, 4) is 11.4 Å². The van der Waals surface area contributed by atoms with Gasteiger partial charge in [-0.05, 0) is 19.1 Å². The highest BCUT2D eigenvalue weighted by Gasteiger charge is 2.12. The molecule has 2 aliphatic heterocycles. The third kappa shape index (κ3) is 1.18. The fourth-order valence-electron chi connectivity index (χ4n) is 1.74. The molecule has 0 N–H and O–H groups in total. The number of imidazole rings is 1. The first-order valence-electron chi connectivity index (χ1n) is 4.88. The molecule has 0 saturated heterocycles. The minimum Gasteiger partial charge on any atom is -0.377 e. The predicted molar refractivity (Wildman–Crippen MR) is 60.8 cm³/mol. The summed E-state index contributed by atoms with van der Waals surface area (Å²) in [7, 11) is 1.85. The van der Waals surface area contributed by atoms with Gasteiger partial charge in [0.2, 0.25) is 0 Å². The summed E-state index contributed by atoms with van der Waals surface area (Å²) in [6.07, 6.45) is 1.52. The molecule has 0 unspecified atom stereocenters. The van der Waals surface area contributed by atoms with Crippen molar-refractivity contribution in [3.05, 3.63) is 39.3 Å². The summed E-state index contributed by atoms with van der Waals surface area (Å²) >= 11 is 5.31. The van der Waals surface area contributed by atoms with E-state index in [2.05, 4.69) is 9.97 Å². The summed E-state index contributed by atoms with van der Waals surface area (Å²) in [5.74, 6) is 0. The van der Waals surface area contributed by atoms with Gasteiger partial charge in [0, 0.05) is 18.0 Å². The molecular weight excluding hydrogens is 222 g/mol. The Morgan fingerprint density at radius 3 is 2.94 bits per heavy atom. The van der Waals surface area contributed by atoms with E-state index in [0.29, 0.717) is 5.42 Å². The number of aryl methyl sites for hydroxylation is 2. The summed E-state index contributed by atoms with van der Waals surface area (Å²) in [5.41, 5.74) is 3.26. The Balaban J connectivity index is 2.69. The number of rotatable bonds is 0. The lowest BCUT2D eigenvalue weighted by Crippen LogP contribution is -1.98. The van der Waals surface area contributed by atoms with Crippen LogP contribution in [-0.4, -0.2) is 14.7 Å². The van der Waals surface area contributed by atoms with E-state index < -0.39 is 0 Å². The molecular formula is C11H9N3OS. The molecule has 0 radical (unpaired) electrons. The van der Waals surface area contributed by atoms with E-state index >= 15 is 0 Å². The standard InChI is InChI=1S/C11H9N3OS/c1-6-3-7-9(16)4-8-10(13-5-12-8)11(7)15-14(6)2/h3-5H,1-2H3. The van der Waals surface area contributed by atoms with Gasteiger partial charge < -0.3 is 4.52 Å². The summed E-state index contributed by atoms with van der Waals surface area (Å²) in [6, 6.07) is 3.87. The summed E-state index contributed by atoms with van der Waals surface area (Å²) in [6.45, 7) is 1.97. The quantitative estimate of drug-likeness (QED) is 0.557. The normalized spacial score (nSPS) is 11.4. The Morgan fingerprint density at radius 1 is 1.31 bits per heavy atom. The highest BCUT2D eigenvalue weighted by atomic mass is 32.1. The van der Waals surface area contributed by atoms with Gasteiger partial charge in [-0.15, -0.1) is 0 Å². The van der Waals surface area contributed by atoms with E-state index in [0.717, 1.165) is 26.8 Å². The van der Waals surface area contributed by atoms with Crippen LogP contribution in [0.4, 0.5) is 0 Å². The van der Waals surface area contributed by atoms with Crippen LogP contribution in [0.1, 0.15) is 5.69 Å². The van der Waals surface area contributed by atoms with Crippen LogP contribution in [0.2, 0.25) is 0 Å². The molecule has 5 heteroatoms. The molecule has 0 spiro atoms. The van der Waals surface area contributed by atoms with Crippen LogP contribution in [0, 0.1) is 22.1 Å². The molecule has 80 valence electrons. The number of hydrogen-bond acceptors (Lipinski definition) is 4. The first-order valence-corrected chi connectivity index (χ1v) is 5.29. The Kier molecular flexibility index (Phi) is 1.85. The maximum atomic E-state index is 5.69. The molecule has 0 atom stereocenters. The Labute approximate surface area is 96.5 Å². The third-order valence-corrected chi connectivity index (χ3v) is 3.04. The van der Waals surface area contributed by atoms with Crippen LogP contribution in [-0.2, 0) is 7.05 Å². The van der Waals surface area contributed by atoms with Gasteiger partial charge in [0.25, 0.3) is 0 Å². The van der Waals surface area contributed by atoms with Gasteiger partial charge in [0.05, 0.1) is 10.2 Å². The monoisotopic (exact) mass is 231 g/mol. The summed E-state index contributed by atoms with van der Waals surface area (Å²) in [5, 5.41) is 0.915. The van der Waals surface area contributed by atoms with Crippen molar-refractivity contribution < 1.29 is 4.52 Å². The van der Waals surface area contributed by atoms with Crippen LogP contribution < -0.4 is 0 Å². The molecule has 3 rings (SSSR count). The van der Waals surface area contributed by atoms with Crippen molar-refractivity contribution in [2.75, 3.05) is 0 Å². The molecule has 0 bridgehead atoms. The zero-order valence-corrected chi connectivity index (χ0v) is 9.71. The first-order chi connectivity index (χ1) is 7.66. The molecule has 16 heavy (non-hydrogen) atoms. The molecule has 0 saturated carbocycles. The third-order valence-electron chi connectivity index (χ3n) is 2.70. The molecule has 0 aromatic heterocycles. The zero-order valence-electron chi connectivity index (χ0n) is 8.89. The van der Waals surface area contributed by atoms with Crippen LogP contribution in [0.15, 0.2) is 23.0 Å². The first kappa shape index (κ1) is 9.47. The Hall–Kier alpha value is -1.75. The highest BCUT2D eigenvalue weighted by Crippen LogP contribution is 2.21. The molecule has 2 heterocycles. The summed E-state index contributed by atoms with van der Waals surface area (Å²) in [4.78, 5) is 8.33. The second kappa shape index (κ2) is 3.12. The van der Waals surface area contributed by atoms with Crippen LogP contribution in [0.3, 0.4) is 0 Å². The van der Waals surface area contributed by atoms with Gasteiger partial charge in [-0.3, -0.25) is 0 Å². The average Bonchev–Trinajstić information content (AvgIpc) is 2.69. The van der Waals surface area contributed by atoms with E-state index in [1.165, 1.54) is 6.33 Å². The maximum absolute atomic E-state index is 5.69. The van der Waals surface area contributed by atoms with E-state index in [-0.39, 0.29) is 0 Å². The van der Waals surface area contributed by atoms with Gasteiger partial charge >= 0.3 is 0 Å². The predicted octanol–water partition coefficient (Wildman–Crippen LogP) is 2.28. The van der Waals surface area contributed by atoms with Crippen LogP contribution in [0.25, 0.3) is 11.4 Å². The SMILES string of the molecule is Cc1cc2c(=S)cc3ncnc-3c=2on1C. The molecule has 1 aliphatic carbocycles. The fourth-order valence-corrected chi connectivity index (χ4v) is 2.00. The number of fused-ring (bicyclic) bond motifs is 2. The minimum absolute atomic E-state index is 0.702. The van der Waals surface area contributed by atoms with Gasteiger partial charge in [0.15, 0.2) is 5.42 Å². The van der Waals surface area contributed by atoms with E-state index in [1.807, 2.05) is 26.1 Å². The fraction of sp³-hybridized carbons (Fsp3) is 0.182. The number of nitrogens with zero attached hydrogens (tertiary/aromatic N) is 3. The van der Waals surface area contributed by atoms with Gasteiger partial charge in [-0.1, -0.05) is 12.2 Å². The van der Waals surface area contributed by atoms with Crippen molar-refractivity contribution >= 4 is 12.2 Å². The van der Waals surface area contributed by atoms with Crippen LogP contribution >= 0.6 is 12.2 Å². The molecule has 3 aliphatic rings. The topological polar surface area (TPSA) is 43.9 Å². The van der Waals surface area contributed by atoms with Crippen molar-refractivity contribution in [2.24, 2.45) is 7.05 Å². The lowest BCUT2D eigenvalue weighted by molar-refractivity contribution is 0.262. The largest absolute Gasteiger partial charge is 0.377 e. The molecule has 0 aromatic carbocycles. The minimum atomic E-state index is 0.702. The lowest BCUT2D eigenvalue weighted by Gasteiger charge is -2.05. The Bertz CT molecular complexity index is 758. The lowest BCUT2D eigenvalue weighted by atomic mass is 10.2. The van der Waals surface area contributed by atoms with Crippen molar-refractivity contribution in [1.29, 1.82) is 0 Å². The van der Waals surface area contributed by atoms with Gasteiger partial charge in [-0.25, -0.2) is 14.7 Å². The van der Waals surface area contributed by atoms with Crippen molar-refractivity contribution in [3.63, 3.8) is 0 Å². The van der Waals surface area contributed by atoms with E-state index in [9.17, 15) is 0 Å². The van der Waals surface area contributed by atoms with E-state index in [4.69, 9.17) is 16.7 Å². The van der Waals surface area contributed by atoms with Crippen LogP contribution in [0.5, 0.6) is 0 Å². The average molecular weight is 231 g/mol. The van der Waals surface area contributed by atoms with E-state index in [1.54, 1.807) is 4.74 Å². The van der Waals surface area contributed by atoms with Crippen molar-refractivity contribution in [1.82, 2.24) is 14.7 Å². The summed E-state index contributed by atoms with van der Waals surface area (Å²) < 4.78 is 8.14. The van der Waals surface area contributed by atoms with Gasteiger partial charge in [0.1, 0.15) is 12.0 Å². The molecule has 0 aromatic rings. The smallest absolute Gasteiger partial charge is 0.191 e. The highest BCUT2D eigenvalue weighted by molar-refractivity contribution is 7.71. The maximum Gasteiger partial charge on any atom is 0.191 e. The second-order valence-electron chi connectivity index (χ2n) is 3.73.